The van der Waals surface area contributed by atoms with Gasteiger partial charge < -0.3 is 14.6 Å². The summed E-state index contributed by atoms with van der Waals surface area (Å²) in [5, 5.41) is 10.6. The van der Waals surface area contributed by atoms with E-state index in [1.807, 2.05) is 13.8 Å². The van der Waals surface area contributed by atoms with Crippen molar-refractivity contribution in [1.29, 1.82) is 0 Å². The first-order chi connectivity index (χ1) is 10.4. The van der Waals surface area contributed by atoms with Crippen LogP contribution in [0.25, 0.3) is 0 Å². The maximum atomic E-state index is 10.6. The second-order valence-corrected chi connectivity index (χ2v) is 8.03. The lowest BCUT2D eigenvalue weighted by molar-refractivity contribution is -0.178. The highest BCUT2D eigenvalue weighted by Crippen LogP contribution is 2.69. The van der Waals surface area contributed by atoms with Gasteiger partial charge in [-0.1, -0.05) is 26.0 Å². The Labute approximate surface area is 135 Å². The minimum atomic E-state index is -0.371. The van der Waals surface area contributed by atoms with Crippen LogP contribution in [0.1, 0.15) is 59.8 Å². The second-order valence-electron chi connectivity index (χ2n) is 8.03. The van der Waals surface area contributed by atoms with Crippen molar-refractivity contribution in [2.75, 3.05) is 6.61 Å². The van der Waals surface area contributed by atoms with Crippen molar-refractivity contribution in [2.45, 2.75) is 78.3 Å². The Morgan fingerprint density at radius 2 is 2.18 bits per heavy atom. The van der Waals surface area contributed by atoms with Gasteiger partial charge >= 0.3 is 0 Å². The van der Waals surface area contributed by atoms with E-state index in [-0.39, 0.29) is 35.2 Å². The Bertz CT molecular complexity index is 446. The van der Waals surface area contributed by atoms with Crippen LogP contribution in [0.3, 0.4) is 0 Å². The molecule has 2 aliphatic carbocycles. The summed E-state index contributed by atoms with van der Waals surface area (Å²) < 4.78 is 12.2. The molecule has 1 N–H and O–H groups in total. The van der Waals surface area contributed by atoms with Gasteiger partial charge in [-0.3, -0.25) is 0 Å². The molecule has 7 atom stereocenters. The van der Waals surface area contributed by atoms with Gasteiger partial charge in [-0.15, -0.1) is 0 Å². The standard InChI is InChI=1S/C19H32O3/c1-6-21-16-11-19-15(22-16)8-7-13(3)18(19,5)10-9-12(2)17(19)14(4)20/h13-17,20H,2,6-11H2,1,3-5H3/t13-,14?,15+,16-,17+,18+,19+/m1/s1. The van der Waals surface area contributed by atoms with Gasteiger partial charge in [0, 0.05) is 24.4 Å². The van der Waals surface area contributed by atoms with E-state index in [9.17, 15) is 5.11 Å². The molecule has 3 fully saturated rings. The number of hydrogen-bond donors (Lipinski definition) is 1. The summed E-state index contributed by atoms with van der Waals surface area (Å²) in [6.07, 6.45) is 5.09. The molecule has 1 spiro atoms. The highest BCUT2D eigenvalue weighted by atomic mass is 16.7. The summed E-state index contributed by atoms with van der Waals surface area (Å²) in [6.45, 7) is 13.8. The summed E-state index contributed by atoms with van der Waals surface area (Å²) in [6, 6.07) is 0. The molecule has 0 aromatic heterocycles. The maximum Gasteiger partial charge on any atom is 0.158 e. The van der Waals surface area contributed by atoms with E-state index in [1.165, 1.54) is 12.0 Å². The summed E-state index contributed by atoms with van der Waals surface area (Å²) in [7, 11) is 0. The van der Waals surface area contributed by atoms with Gasteiger partial charge in [0.1, 0.15) is 0 Å². The fourth-order valence-corrected chi connectivity index (χ4v) is 6.02. The first-order valence-corrected chi connectivity index (χ1v) is 8.99. The number of aliphatic hydroxyl groups excluding tert-OH is 1. The van der Waals surface area contributed by atoms with E-state index in [4.69, 9.17) is 9.47 Å². The lowest BCUT2D eigenvalue weighted by Crippen LogP contribution is -2.61. The van der Waals surface area contributed by atoms with Gasteiger partial charge in [0.05, 0.1) is 12.2 Å². The fraction of sp³-hybridized carbons (Fsp3) is 0.895. The minimum absolute atomic E-state index is 0.0198. The maximum absolute atomic E-state index is 10.6. The van der Waals surface area contributed by atoms with E-state index in [1.54, 1.807) is 0 Å². The summed E-state index contributed by atoms with van der Waals surface area (Å²) in [5.41, 5.74) is 1.39. The highest BCUT2D eigenvalue weighted by Gasteiger charge is 2.68. The molecule has 1 heterocycles. The third-order valence-corrected chi connectivity index (χ3v) is 7.20. The lowest BCUT2D eigenvalue weighted by atomic mass is 9.41. The lowest BCUT2D eigenvalue weighted by Gasteiger charge is -2.63. The Hall–Kier alpha value is -0.380. The van der Waals surface area contributed by atoms with Gasteiger partial charge in [-0.2, -0.15) is 0 Å². The predicted octanol–water partition coefficient (Wildman–Crippen LogP) is 3.91. The molecule has 3 rings (SSSR count). The summed E-state index contributed by atoms with van der Waals surface area (Å²) >= 11 is 0. The molecule has 2 saturated carbocycles. The number of ether oxygens (including phenoxy) is 2. The second kappa shape index (κ2) is 5.61. The molecular formula is C19H32O3. The molecule has 3 nitrogen and oxygen atoms in total. The van der Waals surface area contributed by atoms with E-state index < -0.39 is 0 Å². The van der Waals surface area contributed by atoms with E-state index in [0.29, 0.717) is 12.5 Å². The first kappa shape index (κ1) is 16.5. The highest BCUT2D eigenvalue weighted by molar-refractivity contribution is 5.24. The predicted molar refractivity (Wildman–Crippen MR) is 87.4 cm³/mol. The molecule has 0 aromatic rings. The van der Waals surface area contributed by atoms with Crippen molar-refractivity contribution in [2.24, 2.45) is 22.7 Å². The Kier molecular flexibility index (Phi) is 4.20. The first-order valence-electron chi connectivity index (χ1n) is 8.99. The Morgan fingerprint density at radius 1 is 1.45 bits per heavy atom. The van der Waals surface area contributed by atoms with Crippen LogP contribution in [0, 0.1) is 22.7 Å². The van der Waals surface area contributed by atoms with E-state index in [2.05, 4.69) is 20.4 Å². The largest absolute Gasteiger partial charge is 0.393 e. The van der Waals surface area contributed by atoms with Gasteiger partial charge in [0.25, 0.3) is 0 Å². The smallest absolute Gasteiger partial charge is 0.158 e. The van der Waals surface area contributed by atoms with Crippen molar-refractivity contribution < 1.29 is 14.6 Å². The number of rotatable bonds is 3. The molecule has 0 radical (unpaired) electrons. The van der Waals surface area contributed by atoms with Crippen molar-refractivity contribution in [1.82, 2.24) is 0 Å². The van der Waals surface area contributed by atoms with Crippen molar-refractivity contribution >= 4 is 0 Å². The average molecular weight is 308 g/mol. The average Bonchev–Trinajstić information content (AvgIpc) is 2.80. The minimum Gasteiger partial charge on any atom is -0.393 e. The van der Waals surface area contributed by atoms with Crippen LogP contribution in [0.2, 0.25) is 0 Å². The quantitative estimate of drug-likeness (QED) is 0.803. The van der Waals surface area contributed by atoms with E-state index in [0.717, 1.165) is 25.7 Å². The van der Waals surface area contributed by atoms with Crippen LogP contribution >= 0.6 is 0 Å². The van der Waals surface area contributed by atoms with Crippen molar-refractivity contribution in [3.05, 3.63) is 12.2 Å². The van der Waals surface area contributed by atoms with Gasteiger partial charge in [-0.25, -0.2) is 0 Å². The van der Waals surface area contributed by atoms with Crippen LogP contribution < -0.4 is 0 Å². The van der Waals surface area contributed by atoms with Crippen LogP contribution in [0.4, 0.5) is 0 Å². The molecule has 3 heteroatoms. The molecule has 126 valence electrons. The molecule has 22 heavy (non-hydrogen) atoms. The number of aliphatic hydroxyl groups is 1. The zero-order chi connectivity index (χ0) is 16.1. The normalized spacial score (nSPS) is 49.6. The zero-order valence-electron chi connectivity index (χ0n) is 14.6. The van der Waals surface area contributed by atoms with Crippen LogP contribution in [-0.2, 0) is 9.47 Å². The molecular weight excluding hydrogens is 276 g/mol. The molecule has 0 aromatic carbocycles. The summed E-state index contributed by atoms with van der Waals surface area (Å²) in [4.78, 5) is 0. The van der Waals surface area contributed by atoms with Crippen LogP contribution in [0.5, 0.6) is 0 Å². The molecule has 0 bridgehead atoms. The summed E-state index contributed by atoms with van der Waals surface area (Å²) in [5.74, 6) is 0.784. The molecule has 1 aliphatic heterocycles. The van der Waals surface area contributed by atoms with Crippen molar-refractivity contribution in [3.63, 3.8) is 0 Å². The zero-order valence-corrected chi connectivity index (χ0v) is 14.6. The van der Waals surface area contributed by atoms with Gasteiger partial charge in [0.15, 0.2) is 6.29 Å². The molecule has 3 aliphatic rings. The monoisotopic (exact) mass is 308 g/mol. The molecule has 0 amide bonds. The Morgan fingerprint density at radius 3 is 2.82 bits per heavy atom. The molecule has 1 saturated heterocycles. The van der Waals surface area contributed by atoms with Gasteiger partial charge in [0.2, 0.25) is 0 Å². The topological polar surface area (TPSA) is 38.7 Å². The van der Waals surface area contributed by atoms with Crippen LogP contribution in [-0.4, -0.2) is 30.2 Å². The van der Waals surface area contributed by atoms with Crippen LogP contribution in [0.15, 0.2) is 12.2 Å². The van der Waals surface area contributed by atoms with Crippen molar-refractivity contribution in [3.8, 4) is 0 Å². The molecule has 1 unspecified atom stereocenters. The Balaban J connectivity index is 2.08. The van der Waals surface area contributed by atoms with E-state index >= 15 is 0 Å². The number of hydrogen-bond acceptors (Lipinski definition) is 3. The third-order valence-electron chi connectivity index (χ3n) is 7.20. The van der Waals surface area contributed by atoms with Gasteiger partial charge in [-0.05, 0) is 50.9 Å². The fourth-order valence-electron chi connectivity index (χ4n) is 6.02. The third kappa shape index (κ3) is 2.05. The SMILES string of the molecule is C=C1CC[C@@]2(C)[C@H](C)CC[C@@H]3O[C@@H](OCC)C[C@@]32[C@@H]1C(C)O.